The Morgan fingerprint density at radius 1 is 1.10 bits per heavy atom. The molecular weight excluding hydrogens is 384 g/mol. The molecule has 0 spiro atoms. The number of methoxy groups -OCH3 is 1. The topological polar surface area (TPSA) is 142 Å². The van der Waals surface area contributed by atoms with Gasteiger partial charge in [0.2, 0.25) is 5.78 Å². The van der Waals surface area contributed by atoms with Crippen LogP contribution >= 0.6 is 0 Å². The summed E-state index contributed by atoms with van der Waals surface area (Å²) in [5, 5.41) is 9.63. The molecule has 0 saturated heterocycles. The summed E-state index contributed by atoms with van der Waals surface area (Å²) in [6.07, 6.45) is 0.158. The van der Waals surface area contributed by atoms with Crippen LogP contribution in [0.4, 0.5) is 0 Å². The number of hydrogen-bond donors (Lipinski definition) is 1. The van der Waals surface area contributed by atoms with Crippen molar-refractivity contribution in [1.82, 2.24) is 18.7 Å². The Kier molecular flexibility index (Phi) is 4.89. The molecule has 0 fully saturated rings. The zero-order valence-electron chi connectivity index (χ0n) is 15.7. The normalized spacial score (nSPS) is 10.9. The molecule has 0 amide bonds. The SMILES string of the molecule is COc1cc(O)cc(C(=O)CC(=O)C(=O)n2cnc3c2c(=O)n(C)c(=O)n3C)c1. The Balaban J connectivity index is 1.95. The first kappa shape index (κ1) is 19.7. The molecule has 0 radical (unpaired) electrons. The summed E-state index contributed by atoms with van der Waals surface area (Å²) in [5.41, 5.74) is -1.77. The minimum absolute atomic E-state index is 0.0169. The summed E-state index contributed by atoms with van der Waals surface area (Å²) in [4.78, 5) is 65.5. The minimum Gasteiger partial charge on any atom is -0.508 e. The largest absolute Gasteiger partial charge is 0.508 e. The highest BCUT2D eigenvalue weighted by Crippen LogP contribution is 2.22. The molecule has 0 bridgehead atoms. The van der Waals surface area contributed by atoms with Gasteiger partial charge in [0.1, 0.15) is 17.8 Å². The third-order valence-corrected chi connectivity index (χ3v) is 4.37. The average molecular weight is 400 g/mol. The van der Waals surface area contributed by atoms with Gasteiger partial charge >= 0.3 is 5.69 Å². The van der Waals surface area contributed by atoms with E-state index in [0.29, 0.717) is 0 Å². The molecule has 0 aliphatic heterocycles. The van der Waals surface area contributed by atoms with Gasteiger partial charge in [0.05, 0.1) is 13.5 Å². The zero-order chi connectivity index (χ0) is 21.5. The number of ether oxygens (including phenoxy) is 1. The van der Waals surface area contributed by atoms with Gasteiger partial charge in [-0.3, -0.25) is 32.9 Å². The molecule has 0 aliphatic rings. The van der Waals surface area contributed by atoms with E-state index in [1.807, 2.05) is 0 Å². The van der Waals surface area contributed by atoms with Crippen LogP contribution in [0.15, 0.2) is 34.1 Å². The van der Waals surface area contributed by atoms with Gasteiger partial charge in [-0.1, -0.05) is 0 Å². The highest BCUT2D eigenvalue weighted by atomic mass is 16.5. The molecule has 1 aromatic carbocycles. The molecule has 0 saturated carbocycles. The van der Waals surface area contributed by atoms with Gasteiger partial charge in [0.25, 0.3) is 11.5 Å². The Morgan fingerprint density at radius 3 is 2.45 bits per heavy atom. The Morgan fingerprint density at radius 2 is 1.79 bits per heavy atom. The maximum atomic E-state index is 12.5. The second kappa shape index (κ2) is 7.19. The lowest BCUT2D eigenvalue weighted by atomic mass is 10.0. The van der Waals surface area contributed by atoms with Crippen molar-refractivity contribution in [2.75, 3.05) is 7.11 Å². The number of hydrogen-bond acceptors (Lipinski definition) is 8. The second-order valence-corrected chi connectivity index (χ2v) is 6.24. The summed E-state index contributed by atoms with van der Waals surface area (Å²) in [6, 6.07) is 3.74. The molecular formula is C18H16N4O7. The minimum atomic E-state index is -1.15. The molecule has 0 aliphatic carbocycles. The molecule has 0 unspecified atom stereocenters. The summed E-state index contributed by atoms with van der Waals surface area (Å²) < 4.78 is 7.51. The molecule has 3 rings (SSSR count). The van der Waals surface area contributed by atoms with Crippen molar-refractivity contribution in [1.29, 1.82) is 0 Å². The van der Waals surface area contributed by atoms with Crippen LogP contribution in [-0.2, 0) is 18.9 Å². The van der Waals surface area contributed by atoms with Crippen molar-refractivity contribution in [3.05, 3.63) is 50.9 Å². The molecule has 11 nitrogen and oxygen atoms in total. The lowest BCUT2D eigenvalue weighted by Gasteiger charge is -2.06. The maximum absolute atomic E-state index is 12.5. The molecule has 2 heterocycles. The summed E-state index contributed by atoms with van der Waals surface area (Å²) in [7, 11) is 3.94. The van der Waals surface area contributed by atoms with E-state index in [1.165, 1.54) is 33.3 Å². The van der Waals surface area contributed by atoms with Crippen molar-refractivity contribution in [3.8, 4) is 11.5 Å². The maximum Gasteiger partial charge on any atom is 0.332 e. The van der Waals surface area contributed by atoms with E-state index in [2.05, 4.69) is 4.98 Å². The first-order valence-corrected chi connectivity index (χ1v) is 8.27. The molecule has 150 valence electrons. The quantitative estimate of drug-likeness (QED) is 0.347. The number of carbonyl (C=O) groups excluding carboxylic acids is 3. The fraction of sp³-hybridized carbons (Fsp3) is 0.222. The van der Waals surface area contributed by atoms with Crippen molar-refractivity contribution in [2.45, 2.75) is 6.42 Å². The van der Waals surface area contributed by atoms with Crippen LogP contribution < -0.4 is 16.0 Å². The highest BCUT2D eigenvalue weighted by molar-refractivity contribution is 6.41. The number of carbonyl (C=O) groups is 3. The van der Waals surface area contributed by atoms with Crippen molar-refractivity contribution < 1.29 is 24.2 Å². The second-order valence-electron chi connectivity index (χ2n) is 6.24. The van der Waals surface area contributed by atoms with Gasteiger partial charge in [-0.25, -0.2) is 9.78 Å². The number of Topliss-reactive ketones (excluding diaryl/α,β-unsaturated/α-hetero) is 2. The van der Waals surface area contributed by atoms with Gasteiger partial charge in [0, 0.05) is 25.7 Å². The van der Waals surface area contributed by atoms with Gasteiger partial charge in [0.15, 0.2) is 16.9 Å². The average Bonchev–Trinajstić information content (AvgIpc) is 3.14. The summed E-state index contributed by atoms with van der Waals surface area (Å²) in [5.74, 6) is -2.99. The number of aryl methyl sites for hydroxylation is 1. The first-order chi connectivity index (χ1) is 13.6. The van der Waals surface area contributed by atoms with Gasteiger partial charge in [-0.15, -0.1) is 0 Å². The first-order valence-electron chi connectivity index (χ1n) is 8.27. The van der Waals surface area contributed by atoms with E-state index in [9.17, 15) is 29.1 Å². The van der Waals surface area contributed by atoms with Crippen LogP contribution in [0, 0.1) is 0 Å². The van der Waals surface area contributed by atoms with Gasteiger partial charge in [-0.2, -0.15) is 0 Å². The van der Waals surface area contributed by atoms with E-state index in [1.54, 1.807) is 0 Å². The van der Waals surface area contributed by atoms with Crippen LogP contribution in [0.3, 0.4) is 0 Å². The fourth-order valence-corrected chi connectivity index (χ4v) is 2.82. The van der Waals surface area contributed by atoms with Crippen molar-refractivity contribution in [3.63, 3.8) is 0 Å². The van der Waals surface area contributed by atoms with Crippen molar-refractivity contribution in [2.24, 2.45) is 14.1 Å². The van der Waals surface area contributed by atoms with E-state index < -0.39 is 35.1 Å². The summed E-state index contributed by atoms with van der Waals surface area (Å²) >= 11 is 0. The fourth-order valence-electron chi connectivity index (χ4n) is 2.82. The van der Waals surface area contributed by atoms with Crippen LogP contribution in [0.1, 0.15) is 21.6 Å². The molecule has 11 heteroatoms. The van der Waals surface area contributed by atoms with Crippen LogP contribution in [0.2, 0.25) is 0 Å². The molecule has 0 atom stereocenters. The number of ketones is 2. The number of phenolic OH excluding ortho intramolecular Hbond substituents is 1. The smallest absolute Gasteiger partial charge is 0.332 e. The van der Waals surface area contributed by atoms with Crippen LogP contribution in [0.5, 0.6) is 11.5 Å². The van der Waals surface area contributed by atoms with Crippen LogP contribution in [-0.4, -0.2) is 48.4 Å². The molecule has 3 aromatic rings. The van der Waals surface area contributed by atoms with Gasteiger partial charge in [-0.05, 0) is 12.1 Å². The number of imidazole rings is 1. The van der Waals surface area contributed by atoms with Gasteiger partial charge < -0.3 is 9.84 Å². The number of rotatable bonds is 5. The van der Waals surface area contributed by atoms with E-state index in [-0.39, 0.29) is 28.2 Å². The third-order valence-electron chi connectivity index (χ3n) is 4.37. The number of benzene rings is 1. The van der Waals surface area contributed by atoms with E-state index in [0.717, 1.165) is 26.1 Å². The molecule has 2 aromatic heterocycles. The number of aromatic nitrogens is 4. The number of phenols is 1. The third kappa shape index (κ3) is 3.33. The zero-order valence-corrected chi connectivity index (χ0v) is 15.7. The monoisotopic (exact) mass is 400 g/mol. The van der Waals surface area contributed by atoms with Crippen LogP contribution in [0.25, 0.3) is 11.2 Å². The van der Waals surface area contributed by atoms with E-state index >= 15 is 0 Å². The molecule has 1 N–H and O–H groups in total. The molecule has 29 heavy (non-hydrogen) atoms. The predicted octanol–water partition coefficient (Wildman–Crippen LogP) is -0.370. The highest BCUT2D eigenvalue weighted by Gasteiger charge is 2.25. The Bertz CT molecular complexity index is 1300. The Labute approximate surface area is 162 Å². The lowest BCUT2D eigenvalue weighted by molar-refractivity contribution is -0.114. The Hall–Kier alpha value is -4.02. The summed E-state index contributed by atoms with van der Waals surface area (Å²) in [6.45, 7) is 0. The lowest BCUT2D eigenvalue weighted by Crippen LogP contribution is -2.38. The van der Waals surface area contributed by atoms with E-state index in [4.69, 9.17) is 4.74 Å². The number of fused-ring (bicyclic) bond motifs is 1. The standard InChI is InChI=1S/C18H16N4O7/c1-20-15-14(17(27)21(2)18(20)28)22(8-19-15)16(26)13(25)7-12(24)9-4-10(23)6-11(5-9)29-3/h4-6,8,23H,7H2,1-3H3. The number of aromatic hydroxyl groups is 1. The number of nitrogens with zero attached hydrogens (tertiary/aromatic N) is 4. The predicted molar refractivity (Wildman–Crippen MR) is 99.5 cm³/mol. The van der Waals surface area contributed by atoms with Crippen molar-refractivity contribution >= 4 is 28.6 Å².